The monoisotopic (exact) mass is 511 g/mol. The molecule has 0 aromatic heterocycles. The summed E-state index contributed by atoms with van der Waals surface area (Å²) in [5, 5.41) is 15.3. The van der Waals surface area contributed by atoms with Crippen LogP contribution in [0, 0.1) is 39.9 Å². The Morgan fingerprint density at radius 2 is 1.75 bits per heavy atom. The third-order valence-corrected chi connectivity index (χ3v) is 8.04. The summed E-state index contributed by atoms with van der Waals surface area (Å²) in [6.45, 7) is 6.77. The van der Waals surface area contributed by atoms with E-state index in [0.29, 0.717) is 12.8 Å². The van der Waals surface area contributed by atoms with Crippen LogP contribution in [0.4, 0.5) is 13.2 Å². The van der Waals surface area contributed by atoms with E-state index < -0.39 is 53.4 Å². The number of alkyl halides is 3. The highest BCUT2D eigenvalue weighted by Gasteiger charge is 2.52. The number of nitrogens with one attached hydrogen (secondary N) is 2. The molecule has 2 amide bonds. The first-order valence-corrected chi connectivity index (χ1v) is 12.6. The molecule has 3 aliphatic rings. The van der Waals surface area contributed by atoms with Crippen LogP contribution in [-0.4, -0.2) is 41.1 Å². The van der Waals surface area contributed by atoms with E-state index in [1.807, 2.05) is 13.0 Å². The molecule has 200 valence electrons. The first-order valence-electron chi connectivity index (χ1n) is 12.6. The van der Waals surface area contributed by atoms with Crippen LogP contribution in [0.1, 0.15) is 85.5 Å². The van der Waals surface area contributed by atoms with Gasteiger partial charge >= 0.3 is 6.18 Å². The van der Waals surface area contributed by atoms with E-state index in [2.05, 4.69) is 10.6 Å². The molecule has 2 aliphatic carbocycles. The fraction of sp³-hybridized carbons (Fsp3) is 0.808. The molecule has 1 saturated heterocycles. The Kier molecular flexibility index (Phi) is 7.65. The fourth-order valence-electron chi connectivity index (χ4n) is 5.23. The molecule has 10 heteroatoms. The van der Waals surface area contributed by atoms with E-state index in [-0.39, 0.29) is 35.6 Å². The van der Waals surface area contributed by atoms with Gasteiger partial charge in [0.1, 0.15) is 11.8 Å². The summed E-state index contributed by atoms with van der Waals surface area (Å²) in [4.78, 5) is 50.4. The van der Waals surface area contributed by atoms with Crippen molar-refractivity contribution >= 4 is 23.4 Å². The van der Waals surface area contributed by atoms with Crippen molar-refractivity contribution in [1.82, 2.24) is 10.6 Å². The number of amides is 2. The third-order valence-electron chi connectivity index (χ3n) is 8.04. The molecular weight excluding hydrogens is 475 g/mol. The topological polar surface area (TPSA) is 116 Å². The molecule has 0 radical (unpaired) electrons. The van der Waals surface area contributed by atoms with Crippen molar-refractivity contribution in [3.8, 4) is 6.07 Å². The Balaban J connectivity index is 1.69. The Hall–Kier alpha value is -2.44. The smallest absolute Gasteiger partial charge is 0.350 e. The summed E-state index contributed by atoms with van der Waals surface area (Å²) in [7, 11) is 0. The van der Waals surface area contributed by atoms with Gasteiger partial charge in [-0.2, -0.15) is 18.4 Å². The highest BCUT2D eigenvalue weighted by atomic mass is 19.4. The van der Waals surface area contributed by atoms with Gasteiger partial charge in [-0.25, -0.2) is 0 Å². The first-order chi connectivity index (χ1) is 16.5. The number of rotatable bonds is 11. The van der Waals surface area contributed by atoms with Crippen molar-refractivity contribution in [1.29, 1.82) is 5.26 Å². The number of nitrogens with zero attached hydrogens (tertiary/aromatic N) is 1. The lowest BCUT2D eigenvalue weighted by Gasteiger charge is -2.31. The highest BCUT2D eigenvalue weighted by Crippen LogP contribution is 2.51. The van der Waals surface area contributed by atoms with Gasteiger partial charge in [0.05, 0.1) is 6.07 Å². The molecular formula is C26H36F3N3O4. The minimum Gasteiger partial charge on any atom is -0.350 e. The Morgan fingerprint density at radius 1 is 1.14 bits per heavy atom. The van der Waals surface area contributed by atoms with Gasteiger partial charge in [-0.15, -0.1) is 0 Å². The van der Waals surface area contributed by atoms with Crippen molar-refractivity contribution in [3.05, 3.63) is 0 Å². The van der Waals surface area contributed by atoms with Gasteiger partial charge in [0, 0.05) is 36.1 Å². The highest BCUT2D eigenvalue weighted by molar-refractivity contribution is 5.93. The van der Waals surface area contributed by atoms with Crippen LogP contribution in [0.15, 0.2) is 0 Å². The number of carbonyl (C=O) groups is 4. The number of nitriles is 1. The first kappa shape index (κ1) is 28.1. The number of hydrogen-bond acceptors (Lipinski definition) is 5. The second kappa shape index (κ2) is 9.79. The van der Waals surface area contributed by atoms with E-state index in [1.165, 1.54) is 0 Å². The molecule has 0 aromatic carbocycles. The fourth-order valence-corrected chi connectivity index (χ4v) is 5.23. The number of carbonyl (C=O) groups excluding carboxylic acids is 4. The Labute approximate surface area is 209 Å². The molecule has 3 fully saturated rings. The van der Waals surface area contributed by atoms with Crippen molar-refractivity contribution in [3.63, 3.8) is 0 Å². The van der Waals surface area contributed by atoms with Crippen molar-refractivity contribution in [2.45, 2.75) is 103 Å². The average Bonchev–Trinajstić information content (AvgIpc) is 3.64. The average molecular weight is 512 g/mol. The van der Waals surface area contributed by atoms with Crippen LogP contribution in [-0.2, 0) is 19.2 Å². The maximum absolute atomic E-state index is 13.2. The maximum Gasteiger partial charge on any atom is 0.449 e. The molecule has 4 atom stereocenters. The summed E-state index contributed by atoms with van der Waals surface area (Å²) in [5.41, 5.74) is -1.21. The summed E-state index contributed by atoms with van der Waals surface area (Å²) in [5.74, 6) is -5.57. The van der Waals surface area contributed by atoms with Crippen LogP contribution in [0.5, 0.6) is 0 Å². The molecule has 3 rings (SSSR count). The van der Waals surface area contributed by atoms with Gasteiger partial charge in [-0.1, -0.05) is 27.7 Å². The van der Waals surface area contributed by atoms with Crippen LogP contribution >= 0.6 is 0 Å². The Bertz CT molecular complexity index is 955. The van der Waals surface area contributed by atoms with E-state index in [9.17, 15) is 37.6 Å². The zero-order valence-electron chi connectivity index (χ0n) is 21.4. The molecule has 0 unspecified atom stereocenters. The normalized spacial score (nSPS) is 24.3. The molecule has 2 saturated carbocycles. The van der Waals surface area contributed by atoms with Gasteiger partial charge in [-0.05, 0) is 55.8 Å². The molecule has 0 bridgehead atoms. The van der Waals surface area contributed by atoms with Gasteiger partial charge < -0.3 is 10.6 Å². The lowest BCUT2D eigenvalue weighted by atomic mass is 9.72. The van der Waals surface area contributed by atoms with Crippen LogP contribution < -0.4 is 10.6 Å². The molecule has 36 heavy (non-hydrogen) atoms. The van der Waals surface area contributed by atoms with Crippen LogP contribution in [0.25, 0.3) is 0 Å². The van der Waals surface area contributed by atoms with Crippen molar-refractivity contribution in [2.24, 2.45) is 28.6 Å². The minimum atomic E-state index is -5.03. The SMILES string of the molecule is CC1(C[C@H](CC(=O)[C@@H](CC(=O)C(F)(F)F)C(C)(C)C)C(=O)N[C@H](C#N)C[C@@H]2CC3(CC3)NC2=O)CC1. The molecule has 1 spiro atoms. The van der Waals surface area contributed by atoms with E-state index in [4.69, 9.17) is 0 Å². The largest absolute Gasteiger partial charge is 0.449 e. The third kappa shape index (κ3) is 7.07. The van der Waals surface area contributed by atoms with Gasteiger partial charge in [0.25, 0.3) is 0 Å². The predicted octanol–water partition coefficient (Wildman–Crippen LogP) is 4.00. The van der Waals surface area contributed by atoms with E-state index in [1.54, 1.807) is 20.8 Å². The maximum atomic E-state index is 13.2. The number of halogens is 3. The predicted molar refractivity (Wildman–Crippen MR) is 124 cm³/mol. The molecule has 2 N–H and O–H groups in total. The molecule has 7 nitrogen and oxygen atoms in total. The second-order valence-corrected chi connectivity index (χ2v) is 12.5. The molecule has 0 aromatic rings. The standard InChI is InChI=1S/C26H36F3N3O4/c1-23(2,3)18(11-20(34)26(27,28)29)19(33)10-16(12-24(4)5-6-24)21(35)31-17(14-30)9-15-13-25(7-8-25)32-22(15)36/h15-18H,5-13H2,1-4H3,(H,31,35)(H,32,36)/t15-,16+,17+,18-/m1/s1. The van der Waals surface area contributed by atoms with E-state index >= 15 is 0 Å². The molecule has 1 aliphatic heterocycles. The summed E-state index contributed by atoms with van der Waals surface area (Å²) < 4.78 is 38.8. The quantitative estimate of drug-likeness (QED) is 0.435. The van der Waals surface area contributed by atoms with Gasteiger partial charge in [-0.3, -0.25) is 19.2 Å². The molecule has 1 heterocycles. The van der Waals surface area contributed by atoms with Crippen LogP contribution in [0.2, 0.25) is 0 Å². The van der Waals surface area contributed by atoms with Gasteiger partial charge in [0.2, 0.25) is 17.6 Å². The summed E-state index contributed by atoms with van der Waals surface area (Å²) in [6.07, 6.45) is -1.60. The minimum absolute atomic E-state index is 0.124. The lowest BCUT2D eigenvalue weighted by molar-refractivity contribution is -0.173. The summed E-state index contributed by atoms with van der Waals surface area (Å²) >= 11 is 0. The number of hydrogen-bond donors (Lipinski definition) is 2. The van der Waals surface area contributed by atoms with Crippen molar-refractivity contribution < 1.29 is 32.3 Å². The number of Topliss-reactive ketones (excluding diaryl/α,β-unsaturated/α-hetero) is 2. The zero-order chi connectivity index (χ0) is 27.1. The van der Waals surface area contributed by atoms with E-state index in [0.717, 1.165) is 25.7 Å². The second-order valence-electron chi connectivity index (χ2n) is 12.5. The zero-order valence-corrected chi connectivity index (χ0v) is 21.4. The lowest BCUT2D eigenvalue weighted by Crippen LogP contribution is -2.42. The Morgan fingerprint density at radius 3 is 2.19 bits per heavy atom. The van der Waals surface area contributed by atoms with Gasteiger partial charge in [0.15, 0.2) is 0 Å². The summed E-state index contributed by atoms with van der Waals surface area (Å²) in [6, 6.07) is 1.12. The van der Waals surface area contributed by atoms with Crippen LogP contribution in [0.3, 0.4) is 0 Å². The van der Waals surface area contributed by atoms with Crippen molar-refractivity contribution in [2.75, 3.05) is 0 Å². The number of ketones is 2.